The first-order chi connectivity index (χ1) is 9.13. The molecule has 0 aliphatic heterocycles. The van der Waals surface area contributed by atoms with E-state index in [2.05, 4.69) is 22.9 Å². The Balaban J connectivity index is 2.05. The first-order valence-electron chi connectivity index (χ1n) is 7.10. The van der Waals surface area contributed by atoms with Gasteiger partial charge in [-0.1, -0.05) is 35.3 Å². The number of rotatable bonds is 4. The van der Waals surface area contributed by atoms with Gasteiger partial charge in [-0.15, -0.1) is 0 Å². The third kappa shape index (κ3) is 3.71. The van der Waals surface area contributed by atoms with Crippen molar-refractivity contribution in [3.63, 3.8) is 0 Å². The van der Waals surface area contributed by atoms with Crippen molar-refractivity contribution < 1.29 is 9.13 Å². The predicted molar refractivity (Wildman–Crippen MR) is 80.5 cm³/mol. The molecule has 1 aliphatic carbocycles. The van der Waals surface area contributed by atoms with Crippen LogP contribution in [0.3, 0.4) is 0 Å². The monoisotopic (exact) mass is 328 g/mol. The van der Waals surface area contributed by atoms with Gasteiger partial charge in [0.2, 0.25) is 0 Å². The van der Waals surface area contributed by atoms with E-state index >= 15 is 0 Å². The van der Waals surface area contributed by atoms with Crippen LogP contribution >= 0.6 is 15.9 Å². The summed E-state index contributed by atoms with van der Waals surface area (Å²) >= 11 is 3.80. The van der Waals surface area contributed by atoms with Crippen molar-refractivity contribution in [1.29, 1.82) is 0 Å². The van der Waals surface area contributed by atoms with E-state index in [0.717, 1.165) is 17.9 Å². The van der Waals surface area contributed by atoms with Gasteiger partial charge < -0.3 is 4.74 Å². The molecular weight excluding hydrogens is 307 g/mol. The summed E-state index contributed by atoms with van der Waals surface area (Å²) in [4.78, 5) is 0.570. The Labute approximate surface area is 123 Å². The van der Waals surface area contributed by atoms with Crippen LogP contribution in [0.15, 0.2) is 18.2 Å². The fourth-order valence-corrected chi connectivity index (χ4v) is 3.71. The molecule has 19 heavy (non-hydrogen) atoms. The maximum absolute atomic E-state index is 13.7. The summed E-state index contributed by atoms with van der Waals surface area (Å²) in [6, 6.07) is 5.33. The van der Waals surface area contributed by atoms with E-state index < -0.39 is 0 Å². The van der Waals surface area contributed by atoms with Crippen LogP contribution in [0.25, 0.3) is 0 Å². The Morgan fingerprint density at radius 3 is 2.79 bits per heavy atom. The van der Waals surface area contributed by atoms with Crippen LogP contribution in [-0.4, -0.2) is 11.9 Å². The average molecular weight is 329 g/mol. The van der Waals surface area contributed by atoms with Crippen LogP contribution in [0.5, 0.6) is 5.75 Å². The van der Waals surface area contributed by atoms with Gasteiger partial charge in [0.1, 0.15) is 0 Å². The van der Waals surface area contributed by atoms with Crippen LogP contribution in [-0.2, 0) is 6.42 Å². The largest absolute Gasteiger partial charge is 0.494 e. The molecule has 0 amide bonds. The first-order valence-corrected chi connectivity index (χ1v) is 8.02. The molecule has 0 bridgehead atoms. The Morgan fingerprint density at radius 1 is 1.37 bits per heavy atom. The summed E-state index contributed by atoms with van der Waals surface area (Å²) in [5.41, 5.74) is 1.07. The maximum Gasteiger partial charge on any atom is 0.165 e. The molecule has 1 aliphatic rings. The highest BCUT2D eigenvalue weighted by molar-refractivity contribution is 9.09. The van der Waals surface area contributed by atoms with Crippen LogP contribution in [0.1, 0.15) is 38.2 Å². The zero-order valence-electron chi connectivity index (χ0n) is 11.7. The minimum atomic E-state index is -0.256. The number of methoxy groups -OCH3 is 1. The van der Waals surface area contributed by atoms with E-state index in [9.17, 15) is 4.39 Å². The van der Waals surface area contributed by atoms with Gasteiger partial charge in [0.15, 0.2) is 11.6 Å². The zero-order valence-corrected chi connectivity index (χ0v) is 13.2. The van der Waals surface area contributed by atoms with Crippen molar-refractivity contribution >= 4 is 15.9 Å². The predicted octanol–water partition coefficient (Wildman–Crippen LogP) is 4.97. The van der Waals surface area contributed by atoms with Crippen LogP contribution in [0.4, 0.5) is 4.39 Å². The summed E-state index contributed by atoms with van der Waals surface area (Å²) < 4.78 is 18.7. The standard InChI is InChI=1S/C16H22BrFO/c1-3-11-4-6-14(17)13(8-11)9-12-5-7-16(19-2)15(18)10-12/h5,7,10-11,13-14H,3-4,6,8-9H2,1-2H3. The van der Waals surface area contributed by atoms with Crippen LogP contribution in [0, 0.1) is 17.7 Å². The molecule has 2 rings (SSSR count). The summed E-state index contributed by atoms with van der Waals surface area (Å²) in [7, 11) is 1.50. The van der Waals surface area contributed by atoms with Gasteiger partial charge in [0.25, 0.3) is 0 Å². The lowest BCUT2D eigenvalue weighted by Crippen LogP contribution is -2.26. The van der Waals surface area contributed by atoms with Crippen molar-refractivity contribution in [2.45, 2.75) is 43.9 Å². The van der Waals surface area contributed by atoms with Gasteiger partial charge in [-0.25, -0.2) is 4.39 Å². The molecule has 1 aromatic carbocycles. The second kappa shape index (κ2) is 6.74. The van der Waals surface area contributed by atoms with E-state index in [1.807, 2.05) is 6.07 Å². The molecule has 0 aromatic heterocycles. The lowest BCUT2D eigenvalue weighted by Gasteiger charge is -2.33. The Bertz CT molecular complexity index is 421. The molecule has 0 spiro atoms. The zero-order chi connectivity index (χ0) is 13.8. The third-order valence-corrected chi connectivity index (χ3v) is 5.50. The molecule has 0 N–H and O–H groups in total. The van der Waals surface area contributed by atoms with E-state index in [4.69, 9.17) is 4.74 Å². The molecule has 1 aromatic rings. The number of alkyl halides is 1. The molecule has 3 heteroatoms. The second-order valence-electron chi connectivity index (χ2n) is 5.54. The molecular formula is C16H22BrFO. The smallest absolute Gasteiger partial charge is 0.165 e. The average Bonchev–Trinajstić information content (AvgIpc) is 2.41. The lowest BCUT2D eigenvalue weighted by molar-refractivity contribution is 0.271. The van der Waals surface area contributed by atoms with Gasteiger partial charge >= 0.3 is 0 Å². The summed E-state index contributed by atoms with van der Waals surface area (Å²) in [6.07, 6.45) is 6.02. The number of benzene rings is 1. The Kier molecular flexibility index (Phi) is 5.26. The normalized spacial score (nSPS) is 27.3. The number of ether oxygens (including phenoxy) is 1. The summed E-state index contributed by atoms with van der Waals surface area (Å²) in [6.45, 7) is 2.27. The van der Waals surface area contributed by atoms with E-state index in [1.165, 1.54) is 32.8 Å². The van der Waals surface area contributed by atoms with E-state index in [-0.39, 0.29) is 5.82 Å². The van der Waals surface area contributed by atoms with Crippen molar-refractivity contribution in [1.82, 2.24) is 0 Å². The topological polar surface area (TPSA) is 9.23 Å². The molecule has 1 saturated carbocycles. The summed E-state index contributed by atoms with van der Waals surface area (Å²) in [5, 5.41) is 0. The van der Waals surface area contributed by atoms with Gasteiger partial charge in [-0.2, -0.15) is 0 Å². The van der Waals surface area contributed by atoms with Gasteiger partial charge in [0.05, 0.1) is 7.11 Å². The Morgan fingerprint density at radius 2 is 2.16 bits per heavy atom. The fourth-order valence-electron chi connectivity index (χ4n) is 3.05. The summed E-state index contributed by atoms with van der Waals surface area (Å²) in [5.74, 6) is 1.52. The van der Waals surface area contributed by atoms with E-state index in [0.29, 0.717) is 16.5 Å². The number of hydrogen-bond donors (Lipinski definition) is 0. The molecule has 1 fully saturated rings. The highest BCUT2D eigenvalue weighted by Gasteiger charge is 2.28. The SMILES string of the molecule is CCC1CCC(Br)C(Cc2ccc(OC)c(F)c2)C1. The van der Waals surface area contributed by atoms with Crippen molar-refractivity contribution in [3.8, 4) is 5.75 Å². The fraction of sp³-hybridized carbons (Fsp3) is 0.625. The van der Waals surface area contributed by atoms with Gasteiger partial charge in [-0.05, 0) is 55.2 Å². The van der Waals surface area contributed by atoms with Crippen molar-refractivity contribution in [2.75, 3.05) is 7.11 Å². The molecule has 0 heterocycles. The number of hydrogen-bond acceptors (Lipinski definition) is 1. The molecule has 106 valence electrons. The Hall–Kier alpha value is -0.570. The number of halogens is 2. The maximum atomic E-state index is 13.7. The quantitative estimate of drug-likeness (QED) is 0.709. The highest BCUT2D eigenvalue weighted by Crippen LogP contribution is 2.37. The third-order valence-electron chi connectivity index (χ3n) is 4.29. The highest BCUT2D eigenvalue weighted by atomic mass is 79.9. The minimum Gasteiger partial charge on any atom is -0.494 e. The van der Waals surface area contributed by atoms with Gasteiger partial charge in [0, 0.05) is 4.83 Å². The van der Waals surface area contributed by atoms with Crippen molar-refractivity contribution in [2.24, 2.45) is 11.8 Å². The van der Waals surface area contributed by atoms with Gasteiger partial charge in [-0.3, -0.25) is 0 Å². The molecule has 0 radical (unpaired) electrons. The molecule has 0 saturated heterocycles. The van der Waals surface area contributed by atoms with Crippen LogP contribution < -0.4 is 4.74 Å². The second-order valence-corrected chi connectivity index (χ2v) is 6.71. The van der Waals surface area contributed by atoms with E-state index in [1.54, 1.807) is 12.1 Å². The van der Waals surface area contributed by atoms with Crippen LogP contribution in [0.2, 0.25) is 0 Å². The lowest BCUT2D eigenvalue weighted by atomic mass is 9.77. The van der Waals surface area contributed by atoms with Crippen molar-refractivity contribution in [3.05, 3.63) is 29.6 Å². The minimum absolute atomic E-state index is 0.256. The molecule has 3 unspecified atom stereocenters. The molecule has 1 nitrogen and oxygen atoms in total. The molecule has 3 atom stereocenters. The first kappa shape index (κ1) is 14.8.